The van der Waals surface area contributed by atoms with Crippen LogP contribution in [0.5, 0.6) is 0 Å². The number of amides is 1. The van der Waals surface area contributed by atoms with Gasteiger partial charge in [-0.3, -0.25) is 4.79 Å². The Morgan fingerprint density at radius 3 is 2.62 bits per heavy atom. The van der Waals surface area contributed by atoms with Gasteiger partial charge in [0.05, 0.1) is 7.05 Å². The van der Waals surface area contributed by atoms with Gasteiger partial charge in [-0.1, -0.05) is 5.11 Å². The van der Waals surface area contributed by atoms with Crippen LogP contribution >= 0.6 is 0 Å². The Kier molecular flexibility index (Phi) is 0.887. The summed E-state index contributed by atoms with van der Waals surface area (Å²) >= 11 is 0. The molecule has 0 spiro atoms. The molecule has 1 aliphatic rings. The van der Waals surface area contributed by atoms with E-state index in [4.69, 9.17) is 0 Å². The summed E-state index contributed by atoms with van der Waals surface area (Å²) in [5.41, 5.74) is 0. The standard InChI is InChI=1S/C3H5N3O2/c1-6(8)2-3(7)4-5-6/h2H2,1H3. The Balaban J connectivity index is 2.72. The highest BCUT2D eigenvalue weighted by molar-refractivity contribution is 5.78. The SMILES string of the molecule is C[N+]1([O-])CC(=O)N=N1. The van der Waals surface area contributed by atoms with Gasteiger partial charge in [-0.05, 0) is 0 Å². The molecule has 0 N–H and O–H groups in total. The Labute approximate surface area is 45.8 Å². The molecule has 1 aliphatic heterocycles. The molecule has 0 aromatic heterocycles. The van der Waals surface area contributed by atoms with Crippen molar-refractivity contribution in [2.24, 2.45) is 10.3 Å². The molecule has 5 heteroatoms. The van der Waals surface area contributed by atoms with Gasteiger partial charge in [0.2, 0.25) is 0 Å². The fraction of sp³-hybridized carbons (Fsp3) is 0.667. The van der Waals surface area contributed by atoms with E-state index in [-0.39, 0.29) is 6.54 Å². The van der Waals surface area contributed by atoms with Gasteiger partial charge in [0.25, 0.3) is 0 Å². The van der Waals surface area contributed by atoms with Crippen molar-refractivity contribution < 1.29 is 9.55 Å². The summed E-state index contributed by atoms with van der Waals surface area (Å²) in [6.07, 6.45) is 0. The number of rotatable bonds is 0. The summed E-state index contributed by atoms with van der Waals surface area (Å²) in [5, 5.41) is 16.7. The molecule has 8 heavy (non-hydrogen) atoms. The fourth-order valence-electron chi connectivity index (χ4n) is 0.459. The van der Waals surface area contributed by atoms with Crippen molar-refractivity contribution in [3.63, 3.8) is 0 Å². The number of carbonyl (C=O) groups excluding carboxylic acids is 1. The molecule has 1 heterocycles. The van der Waals surface area contributed by atoms with Gasteiger partial charge in [0, 0.05) is 5.22 Å². The first-order valence-electron chi connectivity index (χ1n) is 2.13. The van der Waals surface area contributed by atoms with E-state index in [1.54, 1.807) is 0 Å². The van der Waals surface area contributed by atoms with Crippen LogP contribution in [0.2, 0.25) is 0 Å². The highest BCUT2D eigenvalue weighted by atomic mass is 16.6. The van der Waals surface area contributed by atoms with Gasteiger partial charge in [0.15, 0.2) is 6.54 Å². The number of carbonyl (C=O) groups is 1. The molecule has 0 aliphatic carbocycles. The van der Waals surface area contributed by atoms with Crippen molar-refractivity contribution in [2.75, 3.05) is 13.6 Å². The second-order valence-corrected chi connectivity index (χ2v) is 1.79. The number of nitrogens with zero attached hydrogens (tertiary/aromatic N) is 3. The van der Waals surface area contributed by atoms with Gasteiger partial charge in [-0.2, -0.15) is 0 Å². The zero-order valence-corrected chi connectivity index (χ0v) is 4.37. The topological polar surface area (TPSA) is 64.8 Å². The van der Waals surface area contributed by atoms with E-state index in [1.165, 1.54) is 7.05 Å². The minimum atomic E-state index is -0.904. The van der Waals surface area contributed by atoms with Gasteiger partial charge in [-0.15, -0.1) is 0 Å². The van der Waals surface area contributed by atoms with Crippen LogP contribution in [0.3, 0.4) is 0 Å². The summed E-state index contributed by atoms with van der Waals surface area (Å²) < 4.78 is -0.904. The van der Waals surface area contributed by atoms with Gasteiger partial charge in [0.1, 0.15) is 0 Å². The molecule has 5 nitrogen and oxygen atoms in total. The third kappa shape index (κ3) is 0.877. The lowest BCUT2D eigenvalue weighted by atomic mass is 10.6. The summed E-state index contributed by atoms with van der Waals surface area (Å²) in [5.74, 6) is -0.442. The fourth-order valence-corrected chi connectivity index (χ4v) is 0.459. The maximum Gasteiger partial charge on any atom is 0.326 e. The number of hydroxylamine groups is 2. The lowest BCUT2D eigenvalue weighted by Crippen LogP contribution is -2.30. The molecule has 1 rings (SSSR count). The normalized spacial score (nSPS) is 36.5. The highest BCUT2D eigenvalue weighted by Crippen LogP contribution is 2.07. The van der Waals surface area contributed by atoms with Crippen LogP contribution in [0.4, 0.5) is 0 Å². The molecule has 1 atom stereocenters. The van der Waals surface area contributed by atoms with E-state index in [9.17, 15) is 10.0 Å². The van der Waals surface area contributed by atoms with Crippen LogP contribution in [-0.2, 0) is 4.79 Å². The van der Waals surface area contributed by atoms with Crippen molar-refractivity contribution in [2.45, 2.75) is 0 Å². The smallest absolute Gasteiger partial charge is 0.326 e. The number of likely N-dealkylation sites (N-methyl/N-ethyl adjacent to an activating group) is 1. The van der Waals surface area contributed by atoms with Gasteiger partial charge >= 0.3 is 5.91 Å². The van der Waals surface area contributed by atoms with E-state index >= 15 is 0 Å². The summed E-state index contributed by atoms with van der Waals surface area (Å²) in [7, 11) is 1.27. The van der Waals surface area contributed by atoms with Crippen LogP contribution in [0.25, 0.3) is 0 Å². The second-order valence-electron chi connectivity index (χ2n) is 1.79. The molecule has 0 bridgehead atoms. The summed E-state index contributed by atoms with van der Waals surface area (Å²) in [6.45, 7) is -0.153. The Morgan fingerprint density at radius 2 is 2.50 bits per heavy atom. The minimum absolute atomic E-state index is 0.153. The zero-order chi connectivity index (χ0) is 6.20. The monoisotopic (exact) mass is 115 g/mol. The van der Waals surface area contributed by atoms with Gasteiger partial charge < -0.3 is 5.21 Å². The molecule has 44 valence electrons. The minimum Gasteiger partial charge on any atom is -0.603 e. The zero-order valence-electron chi connectivity index (χ0n) is 4.37. The molecule has 0 aromatic rings. The lowest BCUT2D eigenvalue weighted by Gasteiger charge is -2.22. The average molecular weight is 115 g/mol. The summed E-state index contributed by atoms with van der Waals surface area (Å²) in [4.78, 5) is 10.2. The third-order valence-electron chi connectivity index (χ3n) is 0.774. The maximum absolute atomic E-state index is 10.6. The van der Waals surface area contributed by atoms with Gasteiger partial charge in [-0.25, -0.2) is 4.76 Å². The quantitative estimate of drug-likeness (QED) is 0.325. The Bertz CT molecular complexity index is 151. The van der Waals surface area contributed by atoms with E-state index in [2.05, 4.69) is 10.3 Å². The van der Waals surface area contributed by atoms with E-state index in [0.29, 0.717) is 0 Å². The predicted octanol–water partition coefficient (Wildman–Crippen LogP) is -0.162. The average Bonchev–Trinajstić information content (AvgIpc) is 1.82. The molecular weight excluding hydrogens is 110 g/mol. The number of quaternary nitrogens is 1. The molecule has 1 unspecified atom stereocenters. The highest BCUT2D eigenvalue weighted by Gasteiger charge is 2.22. The summed E-state index contributed by atoms with van der Waals surface area (Å²) in [6, 6.07) is 0. The molecular formula is C3H5N3O2. The van der Waals surface area contributed by atoms with Crippen LogP contribution < -0.4 is 0 Å². The van der Waals surface area contributed by atoms with E-state index < -0.39 is 10.7 Å². The molecule has 1 amide bonds. The first kappa shape index (κ1) is 5.33. The number of hydrogen-bond donors (Lipinski definition) is 0. The number of hydrogen-bond acceptors (Lipinski definition) is 3. The largest absolute Gasteiger partial charge is 0.603 e. The van der Waals surface area contributed by atoms with Crippen LogP contribution in [0.1, 0.15) is 0 Å². The second kappa shape index (κ2) is 1.33. The van der Waals surface area contributed by atoms with Crippen LogP contribution in [0.15, 0.2) is 10.3 Å². The Hall–Kier alpha value is -0.810. The maximum atomic E-state index is 10.6. The van der Waals surface area contributed by atoms with Crippen molar-refractivity contribution in [1.29, 1.82) is 0 Å². The van der Waals surface area contributed by atoms with E-state index in [0.717, 1.165) is 0 Å². The van der Waals surface area contributed by atoms with Crippen molar-refractivity contribution >= 4 is 5.91 Å². The molecule has 0 aromatic carbocycles. The van der Waals surface area contributed by atoms with Crippen molar-refractivity contribution in [1.82, 2.24) is 0 Å². The van der Waals surface area contributed by atoms with E-state index in [1.807, 2.05) is 0 Å². The predicted molar refractivity (Wildman–Crippen MR) is 24.3 cm³/mol. The van der Waals surface area contributed by atoms with Crippen molar-refractivity contribution in [3.8, 4) is 0 Å². The molecule has 0 radical (unpaired) electrons. The molecule has 0 fully saturated rings. The van der Waals surface area contributed by atoms with Crippen molar-refractivity contribution in [3.05, 3.63) is 5.21 Å². The molecule has 0 saturated heterocycles. The lowest BCUT2D eigenvalue weighted by molar-refractivity contribution is -0.858. The Morgan fingerprint density at radius 1 is 1.88 bits per heavy atom. The van der Waals surface area contributed by atoms with Crippen LogP contribution in [0, 0.1) is 5.21 Å². The third-order valence-corrected chi connectivity index (χ3v) is 0.774. The first-order chi connectivity index (χ1) is 3.60. The van der Waals surface area contributed by atoms with Crippen LogP contribution in [-0.4, -0.2) is 24.3 Å². The first-order valence-corrected chi connectivity index (χ1v) is 2.13. The molecule has 0 saturated carbocycles.